The predicted molar refractivity (Wildman–Crippen MR) is 49.2 cm³/mol. The third-order valence-corrected chi connectivity index (χ3v) is 1.34. The predicted octanol–water partition coefficient (Wildman–Crippen LogP) is 0.366. The molecule has 0 fully saturated rings. The molecule has 1 rings (SSSR count). The van der Waals surface area contributed by atoms with Crippen LogP contribution in [0.2, 0.25) is 0 Å². The Hall–Kier alpha value is -1.56. The number of hydrazine groups is 1. The van der Waals surface area contributed by atoms with Crippen LogP contribution in [-0.4, -0.2) is 16.1 Å². The molecule has 1 aromatic heterocycles. The van der Waals surface area contributed by atoms with Crippen molar-refractivity contribution in [1.82, 2.24) is 15.8 Å². The summed E-state index contributed by atoms with van der Waals surface area (Å²) in [7, 11) is 0. The van der Waals surface area contributed by atoms with E-state index in [2.05, 4.69) is 23.0 Å². The minimum Gasteiger partial charge on any atom is -0.267 e. The molecule has 0 aliphatic heterocycles. The molecule has 0 saturated carbocycles. The molecular weight excluding hydrogens is 190 g/mol. The second-order valence-electron chi connectivity index (χ2n) is 2.12. The molecule has 68 valence electrons. The maximum atomic E-state index is 11.2. The van der Waals surface area contributed by atoms with Crippen molar-refractivity contribution in [2.24, 2.45) is 0 Å². The molecule has 0 spiro atoms. The number of nitrogens with zero attached hydrogens (tertiary/aromatic N) is 1. The molecule has 0 aliphatic rings. The first-order valence-corrected chi connectivity index (χ1v) is 3.84. The SMILES string of the molecule is O=C(S)NNC(=O)c1ccncc1. The summed E-state index contributed by atoms with van der Waals surface area (Å²) in [6.07, 6.45) is 2.97. The van der Waals surface area contributed by atoms with E-state index in [4.69, 9.17) is 0 Å². The van der Waals surface area contributed by atoms with Gasteiger partial charge in [0.15, 0.2) is 0 Å². The molecule has 1 heterocycles. The van der Waals surface area contributed by atoms with Crippen molar-refractivity contribution in [2.45, 2.75) is 0 Å². The van der Waals surface area contributed by atoms with Gasteiger partial charge in [-0.2, -0.15) is 0 Å². The third kappa shape index (κ3) is 3.12. The van der Waals surface area contributed by atoms with E-state index in [9.17, 15) is 9.59 Å². The lowest BCUT2D eigenvalue weighted by Crippen LogP contribution is -2.38. The molecule has 2 amide bonds. The third-order valence-electron chi connectivity index (χ3n) is 1.23. The normalized spacial score (nSPS) is 9.00. The number of pyridine rings is 1. The Kier molecular flexibility index (Phi) is 3.27. The Labute approximate surface area is 79.9 Å². The topological polar surface area (TPSA) is 71.1 Å². The van der Waals surface area contributed by atoms with Gasteiger partial charge in [0.2, 0.25) is 0 Å². The molecule has 0 aromatic carbocycles. The van der Waals surface area contributed by atoms with Gasteiger partial charge in [-0.25, -0.2) is 0 Å². The molecule has 1 aromatic rings. The summed E-state index contributed by atoms with van der Waals surface area (Å²) in [5.74, 6) is -0.412. The highest BCUT2D eigenvalue weighted by Crippen LogP contribution is 1.94. The number of amides is 2. The van der Waals surface area contributed by atoms with Gasteiger partial charge < -0.3 is 0 Å². The lowest BCUT2D eigenvalue weighted by Gasteiger charge is -2.03. The first kappa shape index (κ1) is 9.53. The van der Waals surface area contributed by atoms with Crippen molar-refractivity contribution < 1.29 is 9.59 Å². The lowest BCUT2D eigenvalue weighted by molar-refractivity contribution is 0.0939. The number of carbonyl (C=O) groups excluding carboxylic acids is 2. The van der Waals surface area contributed by atoms with Crippen LogP contribution in [0.3, 0.4) is 0 Å². The van der Waals surface area contributed by atoms with E-state index in [1.165, 1.54) is 24.5 Å². The number of thiol groups is 1. The van der Waals surface area contributed by atoms with Gasteiger partial charge in [-0.15, -0.1) is 0 Å². The zero-order valence-electron chi connectivity index (χ0n) is 6.52. The van der Waals surface area contributed by atoms with Crippen molar-refractivity contribution in [1.29, 1.82) is 0 Å². The van der Waals surface area contributed by atoms with Gasteiger partial charge in [0.25, 0.3) is 11.1 Å². The van der Waals surface area contributed by atoms with Crippen molar-refractivity contribution in [3.05, 3.63) is 30.1 Å². The summed E-state index contributed by atoms with van der Waals surface area (Å²) in [5, 5.41) is -0.623. The van der Waals surface area contributed by atoms with E-state index in [0.717, 1.165) is 0 Å². The van der Waals surface area contributed by atoms with Crippen LogP contribution in [0.4, 0.5) is 4.79 Å². The summed E-state index contributed by atoms with van der Waals surface area (Å²) in [6.45, 7) is 0. The molecule has 2 N–H and O–H groups in total. The quantitative estimate of drug-likeness (QED) is 0.450. The highest BCUT2D eigenvalue weighted by atomic mass is 32.1. The number of rotatable bonds is 1. The van der Waals surface area contributed by atoms with E-state index in [-0.39, 0.29) is 0 Å². The Morgan fingerprint density at radius 3 is 2.38 bits per heavy atom. The monoisotopic (exact) mass is 197 g/mol. The van der Waals surface area contributed by atoms with Gasteiger partial charge in [0.1, 0.15) is 0 Å². The molecule has 0 saturated heterocycles. The van der Waals surface area contributed by atoms with E-state index >= 15 is 0 Å². The first-order chi connectivity index (χ1) is 6.20. The highest BCUT2D eigenvalue weighted by Gasteiger charge is 2.03. The Morgan fingerprint density at radius 1 is 1.23 bits per heavy atom. The molecule has 13 heavy (non-hydrogen) atoms. The van der Waals surface area contributed by atoms with Gasteiger partial charge >= 0.3 is 0 Å². The van der Waals surface area contributed by atoms with Crippen molar-refractivity contribution in [2.75, 3.05) is 0 Å². The summed E-state index contributed by atoms with van der Waals surface area (Å²) >= 11 is 3.41. The fourth-order valence-electron chi connectivity index (χ4n) is 0.686. The first-order valence-electron chi connectivity index (χ1n) is 3.39. The van der Waals surface area contributed by atoms with E-state index in [1.807, 2.05) is 5.43 Å². The summed E-state index contributed by atoms with van der Waals surface area (Å²) < 4.78 is 0. The fourth-order valence-corrected chi connectivity index (χ4v) is 0.742. The largest absolute Gasteiger partial charge is 0.294 e. The molecule has 0 unspecified atom stereocenters. The van der Waals surface area contributed by atoms with Gasteiger partial charge in [0, 0.05) is 18.0 Å². The molecule has 0 radical (unpaired) electrons. The fraction of sp³-hybridized carbons (Fsp3) is 0. The number of carbonyl (C=O) groups is 2. The van der Waals surface area contributed by atoms with Crippen LogP contribution >= 0.6 is 12.6 Å². The maximum absolute atomic E-state index is 11.2. The van der Waals surface area contributed by atoms with Gasteiger partial charge in [-0.1, -0.05) is 12.6 Å². The van der Waals surface area contributed by atoms with E-state index < -0.39 is 11.1 Å². The molecule has 6 heteroatoms. The number of hydrogen-bond donors (Lipinski definition) is 3. The van der Waals surface area contributed by atoms with Crippen LogP contribution in [-0.2, 0) is 0 Å². The maximum Gasteiger partial charge on any atom is 0.294 e. The van der Waals surface area contributed by atoms with E-state index in [1.54, 1.807) is 0 Å². The zero-order valence-corrected chi connectivity index (χ0v) is 7.41. The number of hydrogen-bond acceptors (Lipinski definition) is 3. The number of aromatic nitrogens is 1. The van der Waals surface area contributed by atoms with Crippen LogP contribution < -0.4 is 10.9 Å². The second-order valence-corrected chi connectivity index (χ2v) is 2.53. The van der Waals surface area contributed by atoms with Crippen LogP contribution in [0.1, 0.15) is 10.4 Å². The van der Waals surface area contributed by atoms with Crippen LogP contribution in [0, 0.1) is 0 Å². The van der Waals surface area contributed by atoms with Crippen molar-refractivity contribution in [3.63, 3.8) is 0 Å². The van der Waals surface area contributed by atoms with Gasteiger partial charge in [-0.05, 0) is 12.1 Å². The van der Waals surface area contributed by atoms with Crippen LogP contribution in [0.15, 0.2) is 24.5 Å². The molecule has 0 bridgehead atoms. The Balaban J connectivity index is 2.54. The summed E-state index contributed by atoms with van der Waals surface area (Å²) in [6, 6.07) is 3.06. The summed E-state index contributed by atoms with van der Waals surface area (Å²) in [5.41, 5.74) is 4.62. The van der Waals surface area contributed by atoms with Gasteiger partial charge in [-0.3, -0.25) is 25.4 Å². The Morgan fingerprint density at radius 2 is 1.85 bits per heavy atom. The average molecular weight is 197 g/mol. The highest BCUT2D eigenvalue weighted by molar-refractivity contribution is 7.96. The van der Waals surface area contributed by atoms with Crippen LogP contribution in [0.5, 0.6) is 0 Å². The standard InChI is InChI=1S/C7H7N3O2S/c11-6(9-10-7(12)13)5-1-3-8-4-2-5/h1-4H,(H,9,11)(H2,10,12,13). The molecular formula is C7H7N3O2S. The Bertz CT molecular complexity index is 315. The van der Waals surface area contributed by atoms with Crippen molar-refractivity contribution in [3.8, 4) is 0 Å². The molecule has 0 aliphatic carbocycles. The molecule has 5 nitrogen and oxygen atoms in total. The molecule has 0 atom stereocenters. The second kappa shape index (κ2) is 4.46. The zero-order chi connectivity index (χ0) is 9.68. The number of nitrogens with one attached hydrogen (secondary N) is 2. The average Bonchev–Trinajstić information content (AvgIpc) is 2.15. The van der Waals surface area contributed by atoms with Gasteiger partial charge in [0.05, 0.1) is 0 Å². The van der Waals surface area contributed by atoms with E-state index in [0.29, 0.717) is 5.56 Å². The lowest BCUT2D eigenvalue weighted by atomic mass is 10.3. The van der Waals surface area contributed by atoms with Crippen molar-refractivity contribution >= 4 is 23.8 Å². The minimum absolute atomic E-state index is 0.412. The smallest absolute Gasteiger partial charge is 0.267 e. The van der Waals surface area contributed by atoms with Crippen LogP contribution in [0.25, 0.3) is 0 Å². The summed E-state index contributed by atoms with van der Waals surface area (Å²) in [4.78, 5) is 25.2. The minimum atomic E-state index is -0.623.